The summed E-state index contributed by atoms with van der Waals surface area (Å²) in [5.74, 6) is 0.0120. The van der Waals surface area contributed by atoms with Crippen molar-refractivity contribution in [2.75, 3.05) is 0 Å². The maximum atomic E-state index is 11.7. The summed E-state index contributed by atoms with van der Waals surface area (Å²) in [4.78, 5) is 16.1. The van der Waals surface area contributed by atoms with Gasteiger partial charge in [-0.3, -0.25) is 9.79 Å². The standard InChI is InChI=1S/C20H29NO/c1-3-13-20(2)14-7-6-9-17(10-8-15-20)16-21-18-11-4-5-12-19(18)22/h4-5,11-12,16H,3,6-10,13-15H2,1-2H3/b17-16+,21-18-. The third-order valence-corrected chi connectivity index (χ3v) is 4.91. The molecule has 0 aliphatic heterocycles. The summed E-state index contributed by atoms with van der Waals surface area (Å²) in [7, 11) is 0. The fourth-order valence-corrected chi connectivity index (χ4v) is 3.60. The predicted octanol–water partition coefficient (Wildman–Crippen LogP) is 5.56. The fraction of sp³-hybridized carbons (Fsp3) is 0.600. The highest BCUT2D eigenvalue weighted by Crippen LogP contribution is 2.37. The largest absolute Gasteiger partial charge is 0.288 e. The van der Waals surface area contributed by atoms with Crippen molar-refractivity contribution in [2.24, 2.45) is 10.4 Å². The summed E-state index contributed by atoms with van der Waals surface area (Å²) in [6, 6.07) is 0. The Bertz CT molecular complexity index is 510. The van der Waals surface area contributed by atoms with Gasteiger partial charge >= 0.3 is 0 Å². The Kier molecular flexibility index (Phi) is 6.35. The van der Waals surface area contributed by atoms with Crippen molar-refractivity contribution in [2.45, 2.75) is 71.6 Å². The van der Waals surface area contributed by atoms with Crippen LogP contribution in [0.5, 0.6) is 0 Å². The van der Waals surface area contributed by atoms with Crippen molar-refractivity contribution < 1.29 is 4.79 Å². The SMILES string of the molecule is CCCC1(C)CCCC/C(=C\N=C2\C=CC=CC2=O)CCC1. The van der Waals surface area contributed by atoms with Crippen molar-refractivity contribution in [3.05, 3.63) is 36.1 Å². The summed E-state index contributed by atoms with van der Waals surface area (Å²) in [5, 5.41) is 0. The number of rotatable bonds is 3. The molecule has 0 aromatic carbocycles. The molecule has 1 atom stereocenters. The predicted molar refractivity (Wildman–Crippen MR) is 94.1 cm³/mol. The van der Waals surface area contributed by atoms with E-state index in [1.54, 1.807) is 18.2 Å². The Hall–Kier alpha value is -1.44. The van der Waals surface area contributed by atoms with Crippen LogP contribution in [0.4, 0.5) is 0 Å². The van der Waals surface area contributed by atoms with Crippen molar-refractivity contribution in [3.63, 3.8) is 0 Å². The molecule has 0 bridgehead atoms. The smallest absolute Gasteiger partial charge is 0.204 e. The van der Waals surface area contributed by atoms with Crippen LogP contribution in [-0.4, -0.2) is 11.5 Å². The number of hydrogen-bond donors (Lipinski definition) is 0. The Morgan fingerprint density at radius 1 is 1.14 bits per heavy atom. The molecule has 0 amide bonds. The van der Waals surface area contributed by atoms with Gasteiger partial charge in [-0.05, 0) is 62.5 Å². The second kappa shape index (κ2) is 8.26. The van der Waals surface area contributed by atoms with Gasteiger partial charge in [-0.25, -0.2) is 0 Å². The van der Waals surface area contributed by atoms with Crippen LogP contribution < -0.4 is 0 Å². The van der Waals surface area contributed by atoms with E-state index in [0.29, 0.717) is 11.1 Å². The zero-order chi connectivity index (χ0) is 15.8. The minimum absolute atomic E-state index is 0.0120. The van der Waals surface area contributed by atoms with Gasteiger partial charge in [-0.2, -0.15) is 0 Å². The van der Waals surface area contributed by atoms with Gasteiger partial charge in [0.2, 0.25) is 5.78 Å². The number of aliphatic imine (C=N–C) groups is 1. The first-order valence-electron chi connectivity index (χ1n) is 8.78. The molecule has 0 heterocycles. The van der Waals surface area contributed by atoms with E-state index in [-0.39, 0.29) is 5.78 Å². The molecule has 1 fully saturated rings. The Morgan fingerprint density at radius 3 is 2.64 bits per heavy atom. The van der Waals surface area contributed by atoms with Crippen LogP contribution in [-0.2, 0) is 4.79 Å². The number of allylic oxidation sites excluding steroid dienone is 5. The minimum atomic E-state index is 0.0120. The molecule has 0 N–H and O–H groups in total. The van der Waals surface area contributed by atoms with Crippen LogP contribution in [0.25, 0.3) is 0 Å². The van der Waals surface area contributed by atoms with Crippen molar-refractivity contribution in [3.8, 4) is 0 Å². The molecule has 1 unspecified atom stereocenters. The Morgan fingerprint density at radius 2 is 1.86 bits per heavy atom. The first-order chi connectivity index (χ1) is 10.6. The summed E-state index contributed by atoms with van der Waals surface area (Å²) >= 11 is 0. The van der Waals surface area contributed by atoms with Crippen LogP contribution >= 0.6 is 0 Å². The van der Waals surface area contributed by atoms with Crippen molar-refractivity contribution in [1.29, 1.82) is 0 Å². The highest BCUT2D eigenvalue weighted by atomic mass is 16.1. The lowest BCUT2D eigenvalue weighted by Crippen LogP contribution is -2.15. The van der Waals surface area contributed by atoms with Gasteiger partial charge in [0.1, 0.15) is 5.71 Å². The second-order valence-electron chi connectivity index (χ2n) is 7.01. The third kappa shape index (κ3) is 5.08. The van der Waals surface area contributed by atoms with Crippen molar-refractivity contribution >= 4 is 11.5 Å². The van der Waals surface area contributed by atoms with Gasteiger partial charge in [0.15, 0.2) is 0 Å². The van der Waals surface area contributed by atoms with E-state index in [1.165, 1.54) is 50.5 Å². The molecular formula is C20H29NO. The third-order valence-electron chi connectivity index (χ3n) is 4.91. The van der Waals surface area contributed by atoms with Crippen LogP contribution in [0, 0.1) is 5.41 Å². The monoisotopic (exact) mass is 299 g/mol. The molecule has 0 aromatic heterocycles. The zero-order valence-electron chi connectivity index (χ0n) is 14.1. The molecule has 0 saturated heterocycles. The zero-order valence-corrected chi connectivity index (χ0v) is 14.1. The van der Waals surface area contributed by atoms with Gasteiger partial charge in [0, 0.05) is 6.20 Å². The van der Waals surface area contributed by atoms with Crippen LogP contribution in [0.15, 0.2) is 41.1 Å². The minimum Gasteiger partial charge on any atom is -0.288 e. The molecule has 2 heteroatoms. The van der Waals surface area contributed by atoms with E-state index >= 15 is 0 Å². The lowest BCUT2D eigenvalue weighted by atomic mass is 9.77. The Balaban J connectivity index is 1.99. The van der Waals surface area contributed by atoms with E-state index < -0.39 is 0 Å². The molecule has 0 radical (unpaired) electrons. The quantitative estimate of drug-likeness (QED) is 0.627. The Labute approximate surface area is 135 Å². The lowest BCUT2D eigenvalue weighted by Gasteiger charge is -2.28. The molecule has 22 heavy (non-hydrogen) atoms. The maximum absolute atomic E-state index is 11.7. The fourth-order valence-electron chi connectivity index (χ4n) is 3.60. The van der Waals surface area contributed by atoms with Crippen LogP contribution in [0.1, 0.15) is 71.6 Å². The summed E-state index contributed by atoms with van der Waals surface area (Å²) < 4.78 is 0. The van der Waals surface area contributed by atoms with E-state index in [2.05, 4.69) is 18.8 Å². The highest BCUT2D eigenvalue weighted by molar-refractivity contribution is 6.48. The summed E-state index contributed by atoms with van der Waals surface area (Å²) in [6.45, 7) is 4.76. The number of nitrogens with zero attached hydrogens (tertiary/aromatic N) is 1. The number of hydrogen-bond acceptors (Lipinski definition) is 2. The van der Waals surface area contributed by atoms with Gasteiger partial charge < -0.3 is 0 Å². The van der Waals surface area contributed by atoms with Gasteiger partial charge in [-0.1, -0.05) is 44.4 Å². The molecule has 2 aliphatic carbocycles. The highest BCUT2D eigenvalue weighted by Gasteiger charge is 2.23. The number of carbonyl (C=O) groups is 1. The van der Waals surface area contributed by atoms with Crippen LogP contribution in [0.3, 0.4) is 0 Å². The molecule has 0 spiro atoms. The number of ketones is 1. The van der Waals surface area contributed by atoms with Gasteiger partial charge in [0.25, 0.3) is 0 Å². The second-order valence-corrected chi connectivity index (χ2v) is 7.01. The van der Waals surface area contributed by atoms with E-state index in [9.17, 15) is 4.79 Å². The van der Waals surface area contributed by atoms with Gasteiger partial charge in [0.05, 0.1) is 0 Å². The summed E-state index contributed by atoms with van der Waals surface area (Å²) in [5.41, 5.74) is 2.50. The maximum Gasteiger partial charge on any atom is 0.204 e. The first kappa shape index (κ1) is 16.9. The molecular weight excluding hydrogens is 270 g/mol. The molecule has 2 nitrogen and oxygen atoms in total. The molecule has 120 valence electrons. The molecule has 2 aliphatic rings. The topological polar surface area (TPSA) is 29.4 Å². The van der Waals surface area contributed by atoms with E-state index in [1.807, 2.05) is 12.3 Å². The lowest BCUT2D eigenvalue weighted by molar-refractivity contribution is -0.108. The molecule has 0 aromatic rings. The van der Waals surface area contributed by atoms with Crippen LogP contribution in [0.2, 0.25) is 0 Å². The first-order valence-corrected chi connectivity index (χ1v) is 8.78. The number of carbonyl (C=O) groups excluding carboxylic acids is 1. The molecule has 2 rings (SSSR count). The van der Waals surface area contributed by atoms with E-state index in [4.69, 9.17) is 0 Å². The molecule has 1 saturated carbocycles. The van der Waals surface area contributed by atoms with Gasteiger partial charge in [-0.15, -0.1) is 0 Å². The normalized spacial score (nSPS) is 30.4. The van der Waals surface area contributed by atoms with E-state index in [0.717, 1.165) is 12.8 Å². The summed E-state index contributed by atoms with van der Waals surface area (Å²) in [6.07, 6.45) is 20.3. The van der Waals surface area contributed by atoms with Crippen molar-refractivity contribution in [1.82, 2.24) is 0 Å². The average Bonchev–Trinajstić information content (AvgIpc) is 2.58. The average molecular weight is 299 g/mol.